The number of benzene rings is 1. The molecule has 1 fully saturated rings. The lowest BCUT2D eigenvalue weighted by molar-refractivity contribution is 0.360. The van der Waals surface area contributed by atoms with Crippen molar-refractivity contribution in [1.29, 1.82) is 0 Å². The number of halogens is 1. The highest BCUT2D eigenvalue weighted by atomic mass is 32.1. The van der Waals surface area contributed by atoms with Gasteiger partial charge in [0.05, 0.1) is 0 Å². The second-order valence-electron chi connectivity index (χ2n) is 4.67. The Morgan fingerprint density at radius 3 is 2.78 bits per heavy atom. The van der Waals surface area contributed by atoms with Gasteiger partial charge in [-0.15, -0.1) is 0 Å². The van der Waals surface area contributed by atoms with Gasteiger partial charge in [-0.05, 0) is 38.2 Å². The van der Waals surface area contributed by atoms with Crippen LogP contribution >= 0.6 is 12.2 Å². The number of anilines is 1. The Morgan fingerprint density at radius 2 is 2.06 bits per heavy atom. The Morgan fingerprint density at radius 1 is 1.28 bits per heavy atom. The largest absolute Gasteiger partial charge is 0.389 e. The van der Waals surface area contributed by atoms with E-state index >= 15 is 0 Å². The summed E-state index contributed by atoms with van der Waals surface area (Å²) in [6.07, 6.45) is 1.09. The van der Waals surface area contributed by atoms with Crippen LogP contribution in [0.1, 0.15) is 12.0 Å². The number of hydrogen-bond acceptors (Lipinski definition) is 3. The molecule has 1 heterocycles. The first-order valence-electron chi connectivity index (χ1n) is 6.11. The van der Waals surface area contributed by atoms with Crippen molar-refractivity contribution in [3.8, 4) is 0 Å². The minimum Gasteiger partial charge on any atom is -0.389 e. The number of nitrogens with zero attached hydrogens (tertiary/aromatic N) is 2. The molecule has 0 atom stereocenters. The molecule has 2 rings (SSSR count). The Kier molecular flexibility index (Phi) is 4.14. The van der Waals surface area contributed by atoms with Gasteiger partial charge < -0.3 is 15.5 Å². The first kappa shape index (κ1) is 13.2. The molecule has 98 valence electrons. The van der Waals surface area contributed by atoms with E-state index in [0.29, 0.717) is 5.56 Å². The van der Waals surface area contributed by atoms with Crippen molar-refractivity contribution in [3.05, 3.63) is 29.6 Å². The van der Waals surface area contributed by atoms with Gasteiger partial charge in [0.15, 0.2) is 0 Å². The van der Waals surface area contributed by atoms with Crippen molar-refractivity contribution in [3.63, 3.8) is 0 Å². The van der Waals surface area contributed by atoms with Crippen LogP contribution in [-0.2, 0) is 0 Å². The summed E-state index contributed by atoms with van der Waals surface area (Å²) in [7, 11) is 2.11. The number of hydrogen-bond donors (Lipinski definition) is 1. The van der Waals surface area contributed by atoms with Gasteiger partial charge in [0.25, 0.3) is 0 Å². The van der Waals surface area contributed by atoms with Gasteiger partial charge >= 0.3 is 0 Å². The number of rotatable bonds is 2. The maximum Gasteiger partial charge on any atom is 0.124 e. The molecule has 0 bridgehead atoms. The van der Waals surface area contributed by atoms with Crippen LogP contribution in [0.15, 0.2) is 18.2 Å². The van der Waals surface area contributed by atoms with Crippen molar-refractivity contribution in [2.45, 2.75) is 6.42 Å². The fourth-order valence-corrected chi connectivity index (χ4v) is 2.43. The minimum absolute atomic E-state index is 0.252. The quantitative estimate of drug-likeness (QED) is 0.825. The van der Waals surface area contributed by atoms with Crippen LogP contribution in [0.4, 0.5) is 10.1 Å². The van der Waals surface area contributed by atoms with Crippen LogP contribution in [0.25, 0.3) is 0 Å². The fraction of sp³-hybridized carbons (Fsp3) is 0.462. The lowest BCUT2D eigenvalue weighted by Crippen LogP contribution is -2.30. The molecule has 0 aliphatic carbocycles. The van der Waals surface area contributed by atoms with Gasteiger partial charge in [-0.3, -0.25) is 0 Å². The highest BCUT2D eigenvalue weighted by molar-refractivity contribution is 7.80. The van der Waals surface area contributed by atoms with Crippen LogP contribution in [0, 0.1) is 5.82 Å². The van der Waals surface area contributed by atoms with Crippen molar-refractivity contribution in [2.75, 3.05) is 38.1 Å². The van der Waals surface area contributed by atoms with E-state index in [9.17, 15) is 4.39 Å². The molecule has 5 heteroatoms. The molecule has 0 aromatic heterocycles. The zero-order chi connectivity index (χ0) is 13.1. The molecular formula is C13H18FN3S. The Bertz CT molecular complexity index is 450. The van der Waals surface area contributed by atoms with Gasteiger partial charge in [-0.25, -0.2) is 4.39 Å². The molecule has 18 heavy (non-hydrogen) atoms. The third-order valence-corrected chi connectivity index (χ3v) is 3.50. The maximum atomic E-state index is 13.3. The summed E-state index contributed by atoms with van der Waals surface area (Å²) in [6.45, 7) is 3.94. The molecule has 1 aliphatic rings. The van der Waals surface area contributed by atoms with E-state index in [4.69, 9.17) is 18.0 Å². The number of nitrogens with two attached hydrogens (primary N) is 1. The summed E-state index contributed by atoms with van der Waals surface area (Å²) in [5.74, 6) is -0.298. The van der Waals surface area contributed by atoms with Gasteiger partial charge in [0.1, 0.15) is 10.8 Å². The average molecular weight is 267 g/mol. The van der Waals surface area contributed by atoms with E-state index in [2.05, 4.69) is 16.8 Å². The lowest BCUT2D eigenvalue weighted by Gasteiger charge is -2.25. The summed E-state index contributed by atoms with van der Waals surface area (Å²) in [5.41, 5.74) is 7.26. The number of likely N-dealkylation sites (N-methyl/N-ethyl adjacent to an activating group) is 1. The van der Waals surface area contributed by atoms with E-state index in [0.717, 1.165) is 38.3 Å². The SMILES string of the molecule is CN1CCCN(c2ccc(F)cc2C(N)=S)CC1. The van der Waals surface area contributed by atoms with E-state index in [1.165, 1.54) is 12.1 Å². The van der Waals surface area contributed by atoms with Crippen LogP contribution in [0.3, 0.4) is 0 Å². The highest BCUT2D eigenvalue weighted by Crippen LogP contribution is 2.23. The molecule has 0 spiro atoms. The first-order chi connectivity index (χ1) is 8.58. The fourth-order valence-electron chi connectivity index (χ4n) is 2.27. The van der Waals surface area contributed by atoms with Crippen LogP contribution in [-0.4, -0.2) is 43.1 Å². The van der Waals surface area contributed by atoms with Crippen molar-refractivity contribution < 1.29 is 4.39 Å². The van der Waals surface area contributed by atoms with Crippen molar-refractivity contribution >= 4 is 22.9 Å². The van der Waals surface area contributed by atoms with Crippen molar-refractivity contribution in [2.24, 2.45) is 5.73 Å². The topological polar surface area (TPSA) is 32.5 Å². The standard InChI is InChI=1S/C13H18FN3S/c1-16-5-2-6-17(8-7-16)12-4-3-10(14)9-11(12)13(15)18/h3-4,9H,2,5-8H2,1H3,(H2,15,18). The summed E-state index contributed by atoms with van der Waals surface area (Å²) in [4.78, 5) is 4.78. The summed E-state index contributed by atoms with van der Waals surface area (Å²) in [6, 6.07) is 4.66. The second-order valence-corrected chi connectivity index (χ2v) is 5.11. The lowest BCUT2D eigenvalue weighted by atomic mass is 10.1. The minimum atomic E-state index is -0.298. The van der Waals surface area contributed by atoms with E-state index in [-0.39, 0.29) is 10.8 Å². The molecule has 1 aromatic carbocycles. The second kappa shape index (κ2) is 5.63. The van der Waals surface area contributed by atoms with E-state index in [1.807, 2.05) is 0 Å². The molecule has 3 nitrogen and oxygen atoms in total. The highest BCUT2D eigenvalue weighted by Gasteiger charge is 2.17. The molecule has 0 saturated carbocycles. The van der Waals surface area contributed by atoms with E-state index < -0.39 is 0 Å². The molecule has 0 radical (unpaired) electrons. The molecule has 0 amide bonds. The van der Waals surface area contributed by atoms with Gasteiger partial charge in [-0.1, -0.05) is 12.2 Å². The van der Waals surface area contributed by atoms with Crippen LogP contribution in [0.2, 0.25) is 0 Å². The van der Waals surface area contributed by atoms with E-state index in [1.54, 1.807) is 6.07 Å². The molecule has 1 aliphatic heterocycles. The average Bonchev–Trinajstić information content (AvgIpc) is 2.54. The molecule has 1 saturated heterocycles. The van der Waals surface area contributed by atoms with Crippen LogP contribution in [0.5, 0.6) is 0 Å². The first-order valence-corrected chi connectivity index (χ1v) is 6.51. The smallest absolute Gasteiger partial charge is 0.124 e. The van der Waals surface area contributed by atoms with Crippen LogP contribution < -0.4 is 10.6 Å². The number of thiocarbonyl (C=S) groups is 1. The van der Waals surface area contributed by atoms with Gasteiger partial charge in [0, 0.05) is 30.9 Å². The third kappa shape index (κ3) is 2.97. The summed E-state index contributed by atoms with van der Waals surface area (Å²) < 4.78 is 13.3. The Hall–Kier alpha value is -1.20. The maximum absolute atomic E-state index is 13.3. The monoisotopic (exact) mass is 267 g/mol. The molecule has 2 N–H and O–H groups in total. The molecule has 1 aromatic rings. The van der Waals surface area contributed by atoms with Gasteiger partial charge in [0.2, 0.25) is 0 Å². The summed E-state index contributed by atoms with van der Waals surface area (Å²) >= 11 is 5.01. The normalized spacial score (nSPS) is 17.6. The zero-order valence-corrected chi connectivity index (χ0v) is 11.3. The molecule has 0 unspecified atom stereocenters. The predicted octanol–water partition coefficient (Wildman–Crippen LogP) is 1.60. The Balaban J connectivity index is 2.29. The van der Waals surface area contributed by atoms with Gasteiger partial charge in [-0.2, -0.15) is 0 Å². The third-order valence-electron chi connectivity index (χ3n) is 3.28. The van der Waals surface area contributed by atoms with Crippen molar-refractivity contribution in [1.82, 2.24) is 4.90 Å². The zero-order valence-electron chi connectivity index (χ0n) is 10.5. The summed E-state index contributed by atoms with van der Waals surface area (Å²) in [5, 5.41) is 0. The predicted molar refractivity (Wildman–Crippen MR) is 76.6 cm³/mol. The Labute approximate surface area is 112 Å². The molecular weight excluding hydrogens is 249 g/mol.